The second kappa shape index (κ2) is 12.6. The van der Waals surface area contributed by atoms with Crippen LogP contribution in [0.5, 0.6) is 11.5 Å². The van der Waals surface area contributed by atoms with Crippen LogP contribution in [0.25, 0.3) is 0 Å². The van der Waals surface area contributed by atoms with Crippen molar-refractivity contribution in [2.45, 2.75) is 84.2 Å². The maximum absolute atomic E-state index is 12.0. The molecule has 2 amide bonds. The Morgan fingerprint density at radius 1 is 0.902 bits per heavy atom. The number of benzene rings is 2. The minimum Gasteiger partial charge on any atom is -0.490 e. The van der Waals surface area contributed by atoms with Gasteiger partial charge < -0.3 is 24.8 Å². The van der Waals surface area contributed by atoms with E-state index in [1.54, 1.807) is 12.3 Å². The van der Waals surface area contributed by atoms with Crippen LogP contribution in [0.4, 0.5) is 4.79 Å². The molecule has 1 fully saturated rings. The van der Waals surface area contributed by atoms with Crippen molar-refractivity contribution in [3.63, 3.8) is 0 Å². The molecule has 2 N–H and O–H groups in total. The highest BCUT2D eigenvalue weighted by atomic mass is 16.6. The van der Waals surface area contributed by atoms with Gasteiger partial charge in [0, 0.05) is 37.0 Å². The van der Waals surface area contributed by atoms with Crippen LogP contribution in [0.15, 0.2) is 60.8 Å². The van der Waals surface area contributed by atoms with Crippen molar-refractivity contribution in [2.24, 2.45) is 0 Å². The summed E-state index contributed by atoms with van der Waals surface area (Å²) in [6.45, 7) is 12.5. The molecule has 4 rings (SSSR count). The fraction of sp³-hybridized carbons (Fsp3) is 0.438. The molecule has 0 saturated heterocycles. The molecule has 9 heteroatoms. The number of nitrogens with one attached hydrogen (secondary N) is 2. The van der Waals surface area contributed by atoms with E-state index in [9.17, 15) is 9.59 Å². The lowest BCUT2D eigenvalue weighted by atomic mass is 9.78. The van der Waals surface area contributed by atoms with Gasteiger partial charge in [-0.3, -0.25) is 4.79 Å². The molecule has 0 atom stereocenters. The molecule has 1 aliphatic rings. The van der Waals surface area contributed by atoms with Gasteiger partial charge in [-0.15, -0.1) is 0 Å². The first kappa shape index (κ1) is 29.8. The van der Waals surface area contributed by atoms with E-state index in [0.29, 0.717) is 18.0 Å². The van der Waals surface area contributed by atoms with Crippen LogP contribution in [0, 0.1) is 0 Å². The number of carbonyl (C=O) groups excluding carboxylic acids is 2. The number of rotatable bonds is 10. The summed E-state index contributed by atoms with van der Waals surface area (Å²) >= 11 is 0. The van der Waals surface area contributed by atoms with Gasteiger partial charge >= 0.3 is 6.09 Å². The Labute approximate surface area is 242 Å². The Morgan fingerprint density at radius 2 is 1.51 bits per heavy atom. The van der Waals surface area contributed by atoms with E-state index in [1.165, 1.54) is 0 Å². The molecular weight excluding hydrogens is 520 g/mol. The first-order valence-corrected chi connectivity index (χ1v) is 14.0. The number of alkyl carbamates (subject to hydrolysis) is 1. The molecule has 1 aliphatic carbocycles. The van der Waals surface area contributed by atoms with Gasteiger partial charge in [-0.2, -0.15) is 0 Å². The lowest BCUT2D eigenvalue weighted by molar-refractivity contribution is 0.0362. The lowest BCUT2D eigenvalue weighted by Gasteiger charge is -2.36. The summed E-state index contributed by atoms with van der Waals surface area (Å²) in [6.07, 6.45) is 2.76. The third-order valence-corrected chi connectivity index (χ3v) is 6.91. The predicted octanol–water partition coefficient (Wildman–Crippen LogP) is 5.57. The number of nitrogens with zero attached hydrogens (tertiary/aromatic N) is 2. The van der Waals surface area contributed by atoms with Gasteiger partial charge in [-0.1, -0.05) is 38.1 Å². The quantitative estimate of drug-likeness (QED) is 0.334. The molecule has 1 heterocycles. The first-order valence-electron chi connectivity index (χ1n) is 14.0. The molecule has 0 radical (unpaired) electrons. The second-order valence-corrected chi connectivity index (χ2v) is 11.7. The predicted molar refractivity (Wildman–Crippen MR) is 156 cm³/mol. The SMILES string of the molecule is CCNC(=O)c1nccc(COc2ccc(C(C)(C)c3ccc(OC4CC(NC(=O)OC(C)(C)C)C4)cc3)cc2)n1. The zero-order valence-corrected chi connectivity index (χ0v) is 24.7. The van der Waals surface area contributed by atoms with Crippen LogP contribution >= 0.6 is 0 Å². The Morgan fingerprint density at radius 3 is 2.10 bits per heavy atom. The topological polar surface area (TPSA) is 112 Å². The standard InChI is InChI=1S/C32H40N4O5/c1-7-33-29(37)28-34-17-16-23(35-28)20-39-25-12-8-21(9-13-25)32(5,6)22-10-14-26(15-11-22)40-27-18-24(19-27)36-30(38)41-31(2,3)4/h8-17,24,27H,7,18-20H2,1-6H3,(H,33,37)(H,36,38). The largest absolute Gasteiger partial charge is 0.490 e. The number of carbonyl (C=O) groups is 2. The Kier molecular flexibility index (Phi) is 9.15. The zero-order valence-electron chi connectivity index (χ0n) is 24.7. The molecule has 0 aliphatic heterocycles. The minimum absolute atomic E-state index is 0.0729. The van der Waals surface area contributed by atoms with E-state index in [0.717, 1.165) is 29.7 Å². The minimum atomic E-state index is -0.507. The zero-order chi connectivity index (χ0) is 29.6. The van der Waals surface area contributed by atoms with Crippen LogP contribution in [0.2, 0.25) is 0 Å². The molecule has 9 nitrogen and oxygen atoms in total. The molecule has 41 heavy (non-hydrogen) atoms. The summed E-state index contributed by atoms with van der Waals surface area (Å²) in [6, 6.07) is 18.0. The van der Waals surface area contributed by atoms with Crippen molar-refractivity contribution in [1.82, 2.24) is 20.6 Å². The molecule has 0 spiro atoms. The van der Waals surface area contributed by atoms with Crippen molar-refractivity contribution < 1.29 is 23.8 Å². The number of aromatic nitrogens is 2. The van der Waals surface area contributed by atoms with E-state index in [4.69, 9.17) is 14.2 Å². The van der Waals surface area contributed by atoms with E-state index in [-0.39, 0.29) is 42.0 Å². The average Bonchev–Trinajstić information content (AvgIpc) is 2.90. The van der Waals surface area contributed by atoms with Crippen LogP contribution in [-0.2, 0) is 16.8 Å². The van der Waals surface area contributed by atoms with Crippen LogP contribution in [0.3, 0.4) is 0 Å². The summed E-state index contributed by atoms with van der Waals surface area (Å²) in [5, 5.41) is 5.59. The fourth-order valence-electron chi connectivity index (χ4n) is 4.51. The van der Waals surface area contributed by atoms with Gasteiger partial charge in [-0.25, -0.2) is 14.8 Å². The van der Waals surface area contributed by atoms with Crippen molar-refractivity contribution in [3.8, 4) is 11.5 Å². The number of amides is 2. The van der Waals surface area contributed by atoms with Crippen LogP contribution in [-0.4, -0.2) is 46.3 Å². The van der Waals surface area contributed by atoms with E-state index in [2.05, 4.69) is 58.7 Å². The second-order valence-electron chi connectivity index (χ2n) is 11.7. The first-order chi connectivity index (χ1) is 19.4. The molecule has 0 unspecified atom stereocenters. The van der Waals surface area contributed by atoms with E-state index >= 15 is 0 Å². The normalized spacial score (nSPS) is 16.7. The maximum atomic E-state index is 12.0. The number of hydrogen-bond acceptors (Lipinski definition) is 7. The van der Waals surface area contributed by atoms with Crippen molar-refractivity contribution in [1.29, 1.82) is 0 Å². The van der Waals surface area contributed by atoms with Crippen LogP contribution < -0.4 is 20.1 Å². The molecule has 1 aromatic heterocycles. The van der Waals surface area contributed by atoms with Gasteiger partial charge in [0.25, 0.3) is 5.91 Å². The molecule has 0 bridgehead atoms. The summed E-state index contributed by atoms with van der Waals surface area (Å²) in [5.41, 5.74) is 2.20. The average molecular weight is 561 g/mol. The van der Waals surface area contributed by atoms with E-state index < -0.39 is 5.60 Å². The number of hydrogen-bond donors (Lipinski definition) is 2. The summed E-state index contributed by atoms with van der Waals surface area (Å²) in [5.74, 6) is 1.36. The van der Waals surface area contributed by atoms with Gasteiger partial charge in [-0.05, 0) is 69.2 Å². The molecular formula is C32H40N4O5. The molecule has 2 aromatic carbocycles. The van der Waals surface area contributed by atoms with Crippen molar-refractivity contribution in [3.05, 3.63) is 83.4 Å². The van der Waals surface area contributed by atoms with Gasteiger partial charge in [0.15, 0.2) is 0 Å². The Balaban J connectivity index is 1.28. The van der Waals surface area contributed by atoms with Crippen LogP contribution in [0.1, 0.15) is 81.8 Å². The highest BCUT2D eigenvalue weighted by Gasteiger charge is 2.33. The smallest absolute Gasteiger partial charge is 0.407 e. The summed E-state index contributed by atoms with van der Waals surface area (Å²) in [4.78, 5) is 32.2. The Hall–Kier alpha value is -4.14. The lowest BCUT2D eigenvalue weighted by Crippen LogP contribution is -2.50. The molecule has 218 valence electrons. The van der Waals surface area contributed by atoms with Crippen molar-refractivity contribution >= 4 is 12.0 Å². The third kappa shape index (κ3) is 8.19. The molecule has 3 aromatic rings. The third-order valence-electron chi connectivity index (χ3n) is 6.91. The van der Waals surface area contributed by atoms with Gasteiger partial charge in [0.2, 0.25) is 5.82 Å². The summed E-state index contributed by atoms with van der Waals surface area (Å²) in [7, 11) is 0. The monoisotopic (exact) mass is 560 g/mol. The van der Waals surface area contributed by atoms with Gasteiger partial charge in [0.05, 0.1) is 5.69 Å². The van der Waals surface area contributed by atoms with Crippen molar-refractivity contribution in [2.75, 3.05) is 6.54 Å². The van der Waals surface area contributed by atoms with E-state index in [1.807, 2.05) is 52.0 Å². The fourth-order valence-corrected chi connectivity index (χ4v) is 4.51. The molecule has 1 saturated carbocycles. The Bertz CT molecular complexity index is 1330. The highest BCUT2D eigenvalue weighted by Crippen LogP contribution is 2.34. The van der Waals surface area contributed by atoms with Gasteiger partial charge in [0.1, 0.15) is 29.8 Å². The maximum Gasteiger partial charge on any atom is 0.407 e. The number of ether oxygens (including phenoxy) is 3. The highest BCUT2D eigenvalue weighted by molar-refractivity contribution is 5.90. The summed E-state index contributed by atoms with van der Waals surface area (Å²) < 4.78 is 17.3.